The Bertz CT molecular complexity index is 1080. The van der Waals surface area contributed by atoms with Crippen LogP contribution in [-0.4, -0.2) is 79.2 Å². The first-order valence-electron chi connectivity index (χ1n) is 11.7. The molecule has 0 bridgehead atoms. The number of hydrogen-bond donors (Lipinski definition) is 3. The second-order valence-corrected chi connectivity index (χ2v) is 9.77. The van der Waals surface area contributed by atoms with E-state index in [0.29, 0.717) is 24.8 Å². The summed E-state index contributed by atoms with van der Waals surface area (Å²) >= 11 is 0. The molecule has 2 atom stereocenters. The molecular formula is C22H32FN9O. The quantitative estimate of drug-likeness (QED) is 0.647. The second kappa shape index (κ2) is 7.82. The standard InChI is InChI=1S/C22H32FN9O/c1-5-25-20-26-17(15(23)19(24)27-20)16-14-11-32(22(3,4)18(14)29-28-16)21(33)31-10-13-7-6-8-30(13)9-12(31)2/h12-13H,5-11H2,1-4H3,(H,28,29)(H3,24,25,26,27)/t12-,13-/m0/s1. The molecule has 0 aromatic carbocycles. The van der Waals surface area contributed by atoms with Crippen LogP contribution in [-0.2, 0) is 12.1 Å². The van der Waals surface area contributed by atoms with E-state index >= 15 is 0 Å². The number of piperazine rings is 1. The number of aromatic nitrogens is 4. The number of hydrogen-bond acceptors (Lipinski definition) is 7. The lowest BCUT2D eigenvalue weighted by Gasteiger charge is -2.45. The number of halogens is 1. The van der Waals surface area contributed by atoms with Gasteiger partial charge in [-0.05, 0) is 47.1 Å². The summed E-state index contributed by atoms with van der Waals surface area (Å²) in [6.45, 7) is 11.7. The Morgan fingerprint density at radius 1 is 1.30 bits per heavy atom. The van der Waals surface area contributed by atoms with Crippen LogP contribution in [0.3, 0.4) is 0 Å². The van der Waals surface area contributed by atoms with Crippen molar-refractivity contribution in [3.05, 3.63) is 17.1 Å². The van der Waals surface area contributed by atoms with E-state index in [-0.39, 0.29) is 29.5 Å². The van der Waals surface area contributed by atoms with Crippen molar-refractivity contribution < 1.29 is 9.18 Å². The molecule has 2 fully saturated rings. The average molecular weight is 458 g/mol. The molecule has 0 unspecified atom stereocenters. The van der Waals surface area contributed by atoms with Gasteiger partial charge in [-0.2, -0.15) is 10.1 Å². The minimum Gasteiger partial charge on any atom is -0.381 e. The lowest BCUT2D eigenvalue weighted by Crippen LogP contribution is -2.60. The first-order chi connectivity index (χ1) is 15.7. The summed E-state index contributed by atoms with van der Waals surface area (Å²) in [5.74, 6) is -0.697. The van der Waals surface area contributed by atoms with Gasteiger partial charge in [0.2, 0.25) is 5.95 Å². The van der Waals surface area contributed by atoms with Crippen LogP contribution in [0.4, 0.5) is 21.0 Å². The molecule has 0 saturated carbocycles. The summed E-state index contributed by atoms with van der Waals surface area (Å²) in [7, 11) is 0. The molecule has 2 aromatic heterocycles. The van der Waals surface area contributed by atoms with E-state index in [2.05, 4.69) is 37.3 Å². The van der Waals surface area contributed by atoms with E-state index < -0.39 is 11.4 Å². The minimum absolute atomic E-state index is 0.00520. The molecule has 4 N–H and O–H groups in total. The molecule has 2 aromatic rings. The van der Waals surface area contributed by atoms with E-state index in [0.717, 1.165) is 37.3 Å². The number of rotatable bonds is 3. The van der Waals surface area contributed by atoms with Gasteiger partial charge < -0.3 is 20.9 Å². The third kappa shape index (κ3) is 3.40. The highest BCUT2D eigenvalue weighted by molar-refractivity contribution is 5.78. The number of nitrogens with one attached hydrogen (secondary N) is 2. The highest BCUT2D eigenvalue weighted by Gasteiger charge is 2.47. The largest absolute Gasteiger partial charge is 0.381 e. The van der Waals surface area contributed by atoms with Gasteiger partial charge in [0, 0.05) is 37.3 Å². The number of urea groups is 1. The maximum atomic E-state index is 14.9. The third-order valence-corrected chi connectivity index (χ3v) is 7.32. The molecule has 5 rings (SSSR count). The SMILES string of the molecule is CCNc1nc(N)c(F)c(-c2n[nH]c3c2CN(C(=O)N2C[C@@H]4CCCN4C[C@@H]2C)C3(C)C)n1. The Hall–Kier alpha value is -2.95. The molecule has 33 heavy (non-hydrogen) atoms. The van der Waals surface area contributed by atoms with Crippen molar-refractivity contribution in [1.82, 2.24) is 34.9 Å². The van der Waals surface area contributed by atoms with Gasteiger partial charge in [0.25, 0.3) is 0 Å². The summed E-state index contributed by atoms with van der Waals surface area (Å²) in [5.41, 5.74) is 7.15. The van der Waals surface area contributed by atoms with Gasteiger partial charge in [0.15, 0.2) is 11.6 Å². The maximum absolute atomic E-state index is 14.9. The molecule has 2 saturated heterocycles. The number of carbonyl (C=O) groups is 1. The van der Waals surface area contributed by atoms with Gasteiger partial charge in [-0.3, -0.25) is 10.00 Å². The van der Waals surface area contributed by atoms with Crippen LogP contribution in [0.5, 0.6) is 0 Å². The molecule has 0 radical (unpaired) electrons. The topological polar surface area (TPSA) is 119 Å². The van der Waals surface area contributed by atoms with Gasteiger partial charge >= 0.3 is 6.03 Å². The van der Waals surface area contributed by atoms with Crippen LogP contribution in [0.1, 0.15) is 51.8 Å². The molecule has 5 heterocycles. The Kier molecular flexibility index (Phi) is 5.19. The molecule has 178 valence electrons. The second-order valence-electron chi connectivity index (χ2n) is 9.77. The highest BCUT2D eigenvalue weighted by Crippen LogP contribution is 2.43. The summed E-state index contributed by atoms with van der Waals surface area (Å²) in [4.78, 5) is 28.4. The fourth-order valence-corrected chi connectivity index (χ4v) is 5.49. The Morgan fingerprint density at radius 3 is 2.85 bits per heavy atom. The van der Waals surface area contributed by atoms with E-state index in [1.807, 2.05) is 30.6 Å². The summed E-state index contributed by atoms with van der Waals surface area (Å²) in [6.07, 6.45) is 2.33. The number of nitrogen functional groups attached to an aromatic ring is 1. The minimum atomic E-state index is -0.709. The number of carbonyl (C=O) groups excluding carboxylic acids is 1. The first kappa shape index (κ1) is 21.9. The van der Waals surface area contributed by atoms with E-state index in [4.69, 9.17) is 5.73 Å². The first-order valence-corrected chi connectivity index (χ1v) is 11.7. The zero-order valence-electron chi connectivity index (χ0n) is 19.7. The fourth-order valence-electron chi connectivity index (χ4n) is 5.49. The monoisotopic (exact) mass is 457 g/mol. The van der Waals surface area contributed by atoms with Crippen LogP contribution in [0.25, 0.3) is 11.4 Å². The van der Waals surface area contributed by atoms with Gasteiger partial charge in [0.1, 0.15) is 11.4 Å². The van der Waals surface area contributed by atoms with Gasteiger partial charge in [0.05, 0.1) is 17.8 Å². The van der Waals surface area contributed by atoms with Crippen LogP contribution >= 0.6 is 0 Å². The highest BCUT2D eigenvalue weighted by atomic mass is 19.1. The van der Waals surface area contributed by atoms with Crippen LogP contribution < -0.4 is 11.1 Å². The van der Waals surface area contributed by atoms with Crippen molar-refractivity contribution in [2.45, 2.75) is 64.7 Å². The number of nitrogens with two attached hydrogens (primary N) is 1. The predicted octanol–water partition coefficient (Wildman–Crippen LogP) is 2.36. The summed E-state index contributed by atoms with van der Waals surface area (Å²) < 4.78 is 14.9. The molecule has 0 spiro atoms. The molecule has 0 aliphatic carbocycles. The summed E-state index contributed by atoms with van der Waals surface area (Å²) in [6, 6.07) is 0.583. The molecule has 11 heteroatoms. The normalized spacial score (nSPS) is 24.2. The van der Waals surface area contributed by atoms with E-state index in [9.17, 15) is 9.18 Å². The molecule has 2 amide bonds. The van der Waals surface area contributed by atoms with Crippen LogP contribution in [0.2, 0.25) is 0 Å². The third-order valence-electron chi connectivity index (χ3n) is 7.32. The Balaban J connectivity index is 1.46. The van der Waals surface area contributed by atoms with Crippen molar-refractivity contribution in [2.24, 2.45) is 0 Å². The number of fused-ring (bicyclic) bond motifs is 2. The Morgan fingerprint density at radius 2 is 2.09 bits per heavy atom. The summed E-state index contributed by atoms with van der Waals surface area (Å²) in [5, 5.41) is 10.4. The maximum Gasteiger partial charge on any atom is 0.321 e. The van der Waals surface area contributed by atoms with Crippen molar-refractivity contribution >= 4 is 17.8 Å². The molecular weight excluding hydrogens is 425 g/mol. The average Bonchev–Trinajstić information content (AvgIpc) is 3.45. The van der Waals surface area contributed by atoms with Crippen molar-refractivity contribution in [2.75, 3.05) is 37.2 Å². The van der Waals surface area contributed by atoms with Crippen molar-refractivity contribution in [3.63, 3.8) is 0 Å². The molecule has 3 aliphatic rings. The van der Waals surface area contributed by atoms with E-state index in [1.54, 1.807) is 0 Å². The van der Waals surface area contributed by atoms with Gasteiger partial charge in [-0.25, -0.2) is 14.2 Å². The molecule has 3 aliphatic heterocycles. The number of amides is 2. The zero-order valence-corrected chi connectivity index (χ0v) is 19.7. The van der Waals surface area contributed by atoms with Crippen LogP contribution in [0, 0.1) is 5.82 Å². The molecule has 10 nitrogen and oxygen atoms in total. The lowest BCUT2D eigenvalue weighted by atomic mass is 9.99. The predicted molar refractivity (Wildman–Crippen MR) is 123 cm³/mol. The zero-order chi connectivity index (χ0) is 23.5. The van der Waals surface area contributed by atoms with E-state index in [1.165, 1.54) is 6.42 Å². The fraction of sp³-hybridized carbons (Fsp3) is 0.636. The number of anilines is 2. The smallest absolute Gasteiger partial charge is 0.321 e. The van der Waals surface area contributed by atoms with Gasteiger partial charge in [-0.1, -0.05) is 0 Å². The lowest BCUT2D eigenvalue weighted by molar-refractivity contribution is 0.0454. The van der Waals surface area contributed by atoms with Gasteiger partial charge in [-0.15, -0.1) is 0 Å². The number of nitrogens with zero attached hydrogens (tertiary/aromatic N) is 6. The number of aromatic amines is 1. The Labute approximate surface area is 192 Å². The van der Waals surface area contributed by atoms with Crippen molar-refractivity contribution in [1.29, 1.82) is 0 Å². The van der Waals surface area contributed by atoms with Crippen molar-refractivity contribution in [3.8, 4) is 11.4 Å². The van der Waals surface area contributed by atoms with Crippen LogP contribution in [0.15, 0.2) is 0 Å². The number of H-pyrrole nitrogens is 1.